The second-order valence-electron chi connectivity index (χ2n) is 6.99. The van der Waals surface area contributed by atoms with Gasteiger partial charge in [0.25, 0.3) is 0 Å². The van der Waals surface area contributed by atoms with Gasteiger partial charge < -0.3 is 20.1 Å². The quantitative estimate of drug-likeness (QED) is 0.787. The van der Waals surface area contributed by atoms with Gasteiger partial charge in [0.15, 0.2) is 5.11 Å². The van der Waals surface area contributed by atoms with Gasteiger partial charge in [-0.05, 0) is 68.9 Å². The van der Waals surface area contributed by atoms with Gasteiger partial charge in [0.05, 0.1) is 13.2 Å². The molecule has 0 amide bonds. The Hall–Kier alpha value is -2.27. The van der Waals surface area contributed by atoms with Gasteiger partial charge in [-0.3, -0.25) is 0 Å². The second kappa shape index (κ2) is 6.92. The van der Waals surface area contributed by atoms with E-state index in [0.29, 0.717) is 5.11 Å². The highest BCUT2D eigenvalue weighted by Gasteiger charge is 2.34. The summed E-state index contributed by atoms with van der Waals surface area (Å²) in [5, 5.41) is 7.30. The molecule has 132 valence electrons. The van der Waals surface area contributed by atoms with Gasteiger partial charge in [-0.25, -0.2) is 0 Å². The van der Waals surface area contributed by atoms with Crippen LogP contribution in [0.3, 0.4) is 0 Å². The minimum atomic E-state index is -0.266. The van der Waals surface area contributed by atoms with Crippen molar-refractivity contribution in [2.24, 2.45) is 0 Å². The first-order chi connectivity index (χ1) is 11.9. The van der Waals surface area contributed by atoms with Gasteiger partial charge in [-0.15, -0.1) is 0 Å². The molecule has 0 fully saturated rings. The van der Waals surface area contributed by atoms with E-state index in [1.54, 1.807) is 7.11 Å². The van der Waals surface area contributed by atoms with E-state index < -0.39 is 0 Å². The molecular weight excluding hydrogens is 332 g/mol. The molecule has 2 aromatic carbocycles. The number of methoxy groups -OCH3 is 1. The number of ether oxygens (including phenoxy) is 2. The molecule has 25 heavy (non-hydrogen) atoms. The number of hydrogen-bond acceptors (Lipinski definition) is 3. The molecule has 0 saturated carbocycles. The zero-order valence-corrected chi connectivity index (χ0v) is 15.9. The van der Waals surface area contributed by atoms with E-state index in [0.717, 1.165) is 29.2 Å². The Bertz CT molecular complexity index is 789. The van der Waals surface area contributed by atoms with E-state index in [1.165, 1.54) is 5.56 Å². The monoisotopic (exact) mass is 356 g/mol. The normalized spacial score (nSPS) is 17.8. The number of fused-ring (bicyclic) bond motifs is 1. The molecule has 1 atom stereocenters. The van der Waals surface area contributed by atoms with E-state index >= 15 is 0 Å². The first kappa shape index (κ1) is 17.5. The largest absolute Gasteiger partial charge is 0.497 e. The minimum absolute atomic E-state index is 0.0543. The lowest BCUT2D eigenvalue weighted by Crippen LogP contribution is -2.42. The van der Waals surface area contributed by atoms with Gasteiger partial charge in [0.1, 0.15) is 17.1 Å². The van der Waals surface area contributed by atoms with Crippen LogP contribution in [-0.2, 0) is 0 Å². The molecule has 1 aliphatic heterocycles. The highest BCUT2D eigenvalue weighted by Crippen LogP contribution is 2.41. The van der Waals surface area contributed by atoms with Crippen LogP contribution < -0.4 is 20.1 Å². The molecule has 0 aromatic heterocycles. The minimum Gasteiger partial charge on any atom is -0.497 e. The summed E-state index contributed by atoms with van der Waals surface area (Å²) >= 11 is 5.53. The van der Waals surface area contributed by atoms with Gasteiger partial charge in [-0.2, -0.15) is 0 Å². The van der Waals surface area contributed by atoms with Crippen LogP contribution in [0, 0.1) is 6.92 Å². The van der Waals surface area contributed by atoms with Crippen LogP contribution in [0.2, 0.25) is 0 Å². The summed E-state index contributed by atoms with van der Waals surface area (Å²) in [5.41, 5.74) is 2.97. The number of rotatable bonds is 3. The van der Waals surface area contributed by atoms with Crippen molar-refractivity contribution in [2.45, 2.75) is 38.8 Å². The molecule has 0 spiro atoms. The number of nitrogens with one attached hydrogen (secondary N) is 2. The zero-order chi connectivity index (χ0) is 18.0. The van der Waals surface area contributed by atoms with Gasteiger partial charge in [0.2, 0.25) is 0 Å². The fourth-order valence-electron chi connectivity index (χ4n) is 3.14. The summed E-state index contributed by atoms with van der Waals surface area (Å²) < 4.78 is 11.5. The molecule has 1 heterocycles. The lowest BCUT2D eigenvalue weighted by Gasteiger charge is -2.38. The van der Waals surface area contributed by atoms with E-state index in [2.05, 4.69) is 43.5 Å². The summed E-state index contributed by atoms with van der Waals surface area (Å²) in [6, 6.07) is 14.1. The SMILES string of the molecule is COc1ccc2c(c1)[C@H](NC(=S)Nc1cccc(C)c1)CC(C)(C)O2. The topological polar surface area (TPSA) is 42.5 Å². The summed E-state index contributed by atoms with van der Waals surface area (Å²) in [6.45, 7) is 6.24. The third-order valence-electron chi connectivity index (χ3n) is 4.26. The number of thiocarbonyl (C=S) groups is 1. The van der Waals surface area contributed by atoms with E-state index in [1.807, 2.05) is 30.3 Å². The summed E-state index contributed by atoms with van der Waals surface area (Å²) in [5.74, 6) is 1.68. The average Bonchev–Trinajstić information content (AvgIpc) is 2.53. The summed E-state index contributed by atoms with van der Waals surface area (Å²) in [7, 11) is 1.67. The molecule has 0 aliphatic carbocycles. The molecule has 0 bridgehead atoms. The molecule has 0 radical (unpaired) electrons. The van der Waals surface area contributed by atoms with E-state index in [4.69, 9.17) is 21.7 Å². The molecule has 5 heteroatoms. The molecule has 4 nitrogen and oxygen atoms in total. The van der Waals surface area contributed by atoms with Gasteiger partial charge in [0, 0.05) is 17.7 Å². The van der Waals surface area contributed by atoms with E-state index in [-0.39, 0.29) is 11.6 Å². The van der Waals surface area contributed by atoms with Gasteiger partial charge in [-0.1, -0.05) is 12.1 Å². The van der Waals surface area contributed by atoms with Crippen molar-refractivity contribution in [3.8, 4) is 11.5 Å². The fourth-order valence-corrected chi connectivity index (χ4v) is 3.40. The summed E-state index contributed by atoms with van der Waals surface area (Å²) in [6.07, 6.45) is 0.808. The lowest BCUT2D eigenvalue weighted by molar-refractivity contribution is 0.0695. The Balaban J connectivity index is 1.80. The Kier molecular flexibility index (Phi) is 4.86. The van der Waals surface area contributed by atoms with Crippen LogP contribution in [0.5, 0.6) is 11.5 Å². The highest BCUT2D eigenvalue weighted by atomic mass is 32.1. The highest BCUT2D eigenvalue weighted by molar-refractivity contribution is 7.80. The van der Waals surface area contributed by atoms with Crippen LogP contribution in [0.4, 0.5) is 5.69 Å². The number of aryl methyl sites for hydroxylation is 1. The van der Waals surface area contributed by atoms with Crippen LogP contribution in [-0.4, -0.2) is 17.8 Å². The fraction of sp³-hybridized carbons (Fsp3) is 0.350. The van der Waals surface area contributed by atoms with Crippen molar-refractivity contribution in [1.29, 1.82) is 0 Å². The maximum atomic E-state index is 6.11. The van der Waals surface area contributed by atoms with Crippen LogP contribution in [0.15, 0.2) is 42.5 Å². The standard InChI is InChI=1S/C20H24N2O2S/c1-13-6-5-7-14(10-13)21-19(25)22-17-12-20(2,3)24-18-9-8-15(23-4)11-16(17)18/h5-11,17H,12H2,1-4H3,(H2,21,22,25)/t17-/m1/s1. The summed E-state index contributed by atoms with van der Waals surface area (Å²) in [4.78, 5) is 0. The van der Waals surface area contributed by atoms with Crippen LogP contribution in [0.1, 0.15) is 37.4 Å². The average molecular weight is 356 g/mol. The van der Waals surface area contributed by atoms with Crippen LogP contribution in [0.25, 0.3) is 0 Å². The second-order valence-corrected chi connectivity index (χ2v) is 7.40. The van der Waals surface area contributed by atoms with Crippen molar-refractivity contribution < 1.29 is 9.47 Å². The van der Waals surface area contributed by atoms with Crippen molar-refractivity contribution >= 4 is 23.0 Å². The molecule has 3 rings (SSSR count). The molecule has 2 aromatic rings. The Morgan fingerprint density at radius 2 is 2.04 bits per heavy atom. The molecule has 2 N–H and O–H groups in total. The molecule has 0 saturated heterocycles. The predicted octanol–water partition coefficient (Wildman–Crippen LogP) is 4.59. The van der Waals surface area contributed by atoms with Crippen LogP contribution >= 0.6 is 12.2 Å². The number of anilines is 1. The van der Waals surface area contributed by atoms with Crippen molar-refractivity contribution in [3.63, 3.8) is 0 Å². The smallest absolute Gasteiger partial charge is 0.171 e. The van der Waals surface area contributed by atoms with Gasteiger partial charge >= 0.3 is 0 Å². The number of hydrogen-bond donors (Lipinski definition) is 2. The molecular formula is C20H24N2O2S. The Morgan fingerprint density at radius 3 is 2.76 bits per heavy atom. The number of benzene rings is 2. The molecule has 0 unspecified atom stereocenters. The maximum absolute atomic E-state index is 6.11. The Morgan fingerprint density at radius 1 is 1.24 bits per heavy atom. The third kappa shape index (κ3) is 4.23. The Labute approximate surface area is 154 Å². The first-order valence-electron chi connectivity index (χ1n) is 8.37. The maximum Gasteiger partial charge on any atom is 0.171 e. The zero-order valence-electron chi connectivity index (χ0n) is 15.1. The molecule has 1 aliphatic rings. The van der Waals surface area contributed by atoms with E-state index in [9.17, 15) is 0 Å². The van der Waals surface area contributed by atoms with Crippen molar-refractivity contribution in [2.75, 3.05) is 12.4 Å². The predicted molar refractivity (Wildman–Crippen MR) is 106 cm³/mol. The third-order valence-corrected chi connectivity index (χ3v) is 4.48. The lowest BCUT2D eigenvalue weighted by atomic mass is 9.89. The first-order valence-corrected chi connectivity index (χ1v) is 8.78. The van der Waals surface area contributed by atoms with Crippen molar-refractivity contribution in [3.05, 3.63) is 53.6 Å². The van der Waals surface area contributed by atoms with Crippen molar-refractivity contribution in [1.82, 2.24) is 5.32 Å².